The van der Waals surface area contributed by atoms with Crippen LogP contribution in [0.15, 0.2) is 18.2 Å². The number of carbonyl (C=O) groups excluding carboxylic acids is 1. The lowest BCUT2D eigenvalue weighted by Crippen LogP contribution is -2.45. The SMILES string of the molecule is CC1CCN(C[C@H]2CCCN(C(=O)c3ccc4n[nH]nc4c3)C2)CC1. The number of nitrogens with zero attached hydrogens (tertiary/aromatic N) is 4. The molecule has 134 valence electrons. The van der Waals surface area contributed by atoms with Gasteiger partial charge in [0.1, 0.15) is 11.0 Å². The van der Waals surface area contributed by atoms with Crippen molar-refractivity contribution in [3.8, 4) is 0 Å². The Labute approximate surface area is 148 Å². The molecule has 1 amide bonds. The summed E-state index contributed by atoms with van der Waals surface area (Å²) < 4.78 is 0. The van der Waals surface area contributed by atoms with Gasteiger partial charge in [0.25, 0.3) is 5.91 Å². The molecular weight excluding hydrogens is 314 g/mol. The number of hydrogen-bond donors (Lipinski definition) is 1. The Morgan fingerprint density at radius 1 is 1.16 bits per heavy atom. The van der Waals surface area contributed by atoms with E-state index >= 15 is 0 Å². The zero-order valence-corrected chi connectivity index (χ0v) is 14.9. The number of carbonyl (C=O) groups is 1. The Balaban J connectivity index is 1.39. The van der Waals surface area contributed by atoms with Gasteiger partial charge in [-0.3, -0.25) is 4.79 Å². The Bertz CT molecular complexity index is 734. The molecule has 0 aliphatic carbocycles. The zero-order valence-electron chi connectivity index (χ0n) is 14.9. The largest absolute Gasteiger partial charge is 0.338 e. The van der Waals surface area contributed by atoms with Crippen molar-refractivity contribution < 1.29 is 4.79 Å². The third-order valence-electron chi connectivity index (χ3n) is 5.76. The van der Waals surface area contributed by atoms with Crippen molar-refractivity contribution >= 4 is 16.9 Å². The van der Waals surface area contributed by atoms with Crippen LogP contribution in [0.2, 0.25) is 0 Å². The van der Waals surface area contributed by atoms with E-state index in [-0.39, 0.29) is 5.91 Å². The summed E-state index contributed by atoms with van der Waals surface area (Å²) in [5.74, 6) is 1.59. The minimum Gasteiger partial charge on any atom is -0.338 e. The van der Waals surface area contributed by atoms with E-state index in [0.717, 1.165) is 43.0 Å². The third-order valence-corrected chi connectivity index (χ3v) is 5.76. The van der Waals surface area contributed by atoms with Crippen LogP contribution in [0.25, 0.3) is 11.0 Å². The lowest BCUT2D eigenvalue weighted by molar-refractivity contribution is 0.0622. The summed E-state index contributed by atoms with van der Waals surface area (Å²) in [7, 11) is 0. The number of hydrogen-bond acceptors (Lipinski definition) is 4. The van der Waals surface area contributed by atoms with E-state index in [2.05, 4.69) is 27.2 Å². The van der Waals surface area contributed by atoms with Crippen LogP contribution in [-0.4, -0.2) is 63.8 Å². The van der Waals surface area contributed by atoms with Gasteiger partial charge < -0.3 is 9.80 Å². The van der Waals surface area contributed by atoms with E-state index in [4.69, 9.17) is 0 Å². The number of amides is 1. The number of nitrogens with one attached hydrogen (secondary N) is 1. The van der Waals surface area contributed by atoms with Gasteiger partial charge in [-0.1, -0.05) is 6.92 Å². The highest BCUT2D eigenvalue weighted by atomic mass is 16.2. The van der Waals surface area contributed by atoms with Crippen LogP contribution in [0.5, 0.6) is 0 Å². The Morgan fingerprint density at radius 3 is 2.80 bits per heavy atom. The first kappa shape index (κ1) is 16.5. The second kappa shape index (κ2) is 7.12. The molecule has 0 spiro atoms. The van der Waals surface area contributed by atoms with Gasteiger partial charge in [-0.05, 0) is 68.8 Å². The Hall–Kier alpha value is -1.95. The first-order chi connectivity index (χ1) is 12.2. The van der Waals surface area contributed by atoms with Gasteiger partial charge in [0, 0.05) is 25.2 Å². The molecule has 1 N–H and O–H groups in total. The van der Waals surface area contributed by atoms with E-state index in [0.29, 0.717) is 11.5 Å². The molecule has 0 unspecified atom stereocenters. The molecule has 3 heterocycles. The van der Waals surface area contributed by atoms with E-state index in [9.17, 15) is 4.79 Å². The van der Waals surface area contributed by atoms with Crippen LogP contribution in [0.3, 0.4) is 0 Å². The zero-order chi connectivity index (χ0) is 17.2. The van der Waals surface area contributed by atoms with Crippen molar-refractivity contribution in [2.24, 2.45) is 11.8 Å². The molecule has 1 aromatic carbocycles. The average molecular weight is 341 g/mol. The van der Waals surface area contributed by atoms with Crippen molar-refractivity contribution in [2.45, 2.75) is 32.6 Å². The average Bonchev–Trinajstić information content (AvgIpc) is 3.11. The predicted molar refractivity (Wildman–Crippen MR) is 97.4 cm³/mol. The number of benzene rings is 1. The molecule has 4 rings (SSSR count). The number of piperidine rings is 2. The molecule has 1 atom stereocenters. The third kappa shape index (κ3) is 3.68. The van der Waals surface area contributed by atoms with E-state index < -0.39 is 0 Å². The number of aromatic amines is 1. The molecule has 25 heavy (non-hydrogen) atoms. The van der Waals surface area contributed by atoms with Gasteiger partial charge in [0.05, 0.1) is 0 Å². The minimum absolute atomic E-state index is 0.127. The summed E-state index contributed by atoms with van der Waals surface area (Å²) in [6, 6.07) is 5.57. The summed E-state index contributed by atoms with van der Waals surface area (Å²) >= 11 is 0. The van der Waals surface area contributed by atoms with Gasteiger partial charge in [-0.15, -0.1) is 0 Å². The molecular formula is C19H27N5O. The molecule has 0 saturated carbocycles. The summed E-state index contributed by atoms with van der Waals surface area (Å²) in [4.78, 5) is 17.5. The van der Waals surface area contributed by atoms with Crippen LogP contribution in [0, 0.1) is 11.8 Å². The number of fused-ring (bicyclic) bond motifs is 1. The number of likely N-dealkylation sites (tertiary alicyclic amines) is 2. The normalized spacial score (nSPS) is 23.2. The molecule has 6 nitrogen and oxygen atoms in total. The van der Waals surface area contributed by atoms with Crippen LogP contribution >= 0.6 is 0 Å². The van der Waals surface area contributed by atoms with E-state index in [1.54, 1.807) is 0 Å². The summed E-state index contributed by atoms with van der Waals surface area (Å²) in [5.41, 5.74) is 2.27. The van der Waals surface area contributed by atoms with Crippen LogP contribution in [0.1, 0.15) is 43.0 Å². The molecule has 2 saturated heterocycles. The van der Waals surface area contributed by atoms with Gasteiger partial charge in [-0.2, -0.15) is 15.4 Å². The first-order valence-corrected chi connectivity index (χ1v) is 9.51. The molecule has 2 aliphatic heterocycles. The lowest BCUT2D eigenvalue weighted by Gasteiger charge is -2.37. The maximum Gasteiger partial charge on any atom is 0.253 e. The van der Waals surface area contributed by atoms with Crippen LogP contribution < -0.4 is 0 Å². The molecule has 2 fully saturated rings. The molecule has 1 aromatic heterocycles. The van der Waals surface area contributed by atoms with Gasteiger partial charge in [0.15, 0.2) is 0 Å². The predicted octanol–water partition coefficient (Wildman–Crippen LogP) is 2.54. The minimum atomic E-state index is 0.127. The topological polar surface area (TPSA) is 65.1 Å². The Kier molecular flexibility index (Phi) is 4.70. The molecule has 6 heteroatoms. The first-order valence-electron chi connectivity index (χ1n) is 9.51. The van der Waals surface area contributed by atoms with E-state index in [1.807, 2.05) is 23.1 Å². The smallest absolute Gasteiger partial charge is 0.253 e. The van der Waals surface area contributed by atoms with Crippen molar-refractivity contribution in [2.75, 3.05) is 32.7 Å². The number of H-pyrrole nitrogens is 1. The molecule has 0 radical (unpaired) electrons. The summed E-state index contributed by atoms with van der Waals surface area (Å²) in [6.45, 7) is 7.66. The van der Waals surface area contributed by atoms with E-state index in [1.165, 1.54) is 32.4 Å². The lowest BCUT2D eigenvalue weighted by atomic mass is 9.94. The highest BCUT2D eigenvalue weighted by Crippen LogP contribution is 2.23. The van der Waals surface area contributed by atoms with Crippen LogP contribution in [0.4, 0.5) is 0 Å². The van der Waals surface area contributed by atoms with Crippen molar-refractivity contribution in [3.63, 3.8) is 0 Å². The second-order valence-corrected chi connectivity index (χ2v) is 7.77. The molecule has 2 aliphatic rings. The quantitative estimate of drug-likeness (QED) is 0.932. The summed E-state index contributed by atoms with van der Waals surface area (Å²) in [5, 5.41) is 10.7. The van der Waals surface area contributed by atoms with Gasteiger partial charge >= 0.3 is 0 Å². The summed E-state index contributed by atoms with van der Waals surface area (Å²) in [6.07, 6.45) is 4.96. The fourth-order valence-electron chi connectivity index (χ4n) is 4.16. The standard InChI is InChI=1S/C19H27N5O/c1-14-6-9-23(10-7-14)12-15-3-2-8-24(13-15)19(25)16-4-5-17-18(11-16)21-22-20-17/h4-5,11,14-15H,2-3,6-10,12-13H2,1H3,(H,20,21,22)/t15-/m1/s1. The number of rotatable bonds is 3. The number of aromatic nitrogens is 3. The maximum atomic E-state index is 12.9. The van der Waals surface area contributed by atoms with Crippen molar-refractivity contribution in [1.82, 2.24) is 25.2 Å². The molecule has 2 aromatic rings. The Morgan fingerprint density at radius 2 is 1.96 bits per heavy atom. The van der Waals surface area contributed by atoms with Gasteiger partial charge in [0.2, 0.25) is 0 Å². The van der Waals surface area contributed by atoms with Gasteiger partial charge in [-0.25, -0.2) is 0 Å². The van der Waals surface area contributed by atoms with Crippen molar-refractivity contribution in [3.05, 3.63) is 23.8 Å². The fraction of sp³-hybridized carbons (Fsp3) is 0.632. The second-order valence-electron chi connectivity index (χ2n) is 7.77. The van der Waals surface area contributed by atoms with Crippen LogP contribution in [-0.2, 0) is 0 Å². The van der Waals surface area contributed by atoms with Crippen molar-refractivity contribution in [1.29, 1.82) is 0 Å². The molecule has 0 bridgehead atoms. The highest BCUT2D eigenvalue weighted by molar-refractivity contribution is 5.97. The monoisotopic (exact) mass is 341 g/mol. The fourth-order valence-corrected chi connectivity index (χ4v) is 4.16. The highest BCUT2D eigenvalue weighted by Gasteiger charge is 2.27. The maximum absolute atomic E-state index is 12.9.